The average molecular weight is 431 g/mol. The van der Waals surface area contributed by atoms with Gasteiger partial charge in [-0.05, 0) is 6.42 Å². The quantitative estimate of drug-likeness (QED) is 0.136. The van der Waals surface area contributed by atoms with Gasteiger partial charge in [0.1, 0.15) is 13.2 Å². The maximum absolute atomic E-state index is 11.6. The van der Waals surface area contributed by atoms with Crippen LogP contribution in [0.25, 0.3) is 0 Å². The molecule has 0 saturated heterocycles. The Kier molecular flexibility index (Phi) is 22.7. The summed E-state index contributed by atoms with van der Waals surface area (Å²) in [6, 6.07) is 0. The first kappa shape index (κ1) is 28.6. The summed E-state index contributed by atoms with van der Waals surface area (Å²) in [4.78, 5) is 22.4. The lowest BCUT2D eigenvalue weighted by Gasteiger charge is -2.08. The molecule has 7 heteroatoms. The van der Waals surface area contributed by atoms with Crippen LogP contribution in [0.1, 0.15) is 71.1 Å². The zero-order valence-corrected chi connectivity index (χ0v) is 18.9. The number of carbonyl (C=O) groups excluding carboxylic acids is 2. The minimum Gasteiger partial charge on any atom is -0.463 e. The second-order valence-corrected chi connectivity index (χ2v) is 7.01. The van der Waals surface area contributed by atoms with Gasteiger partial charge in [-0.25, -0.2) is 4.79 Å². The fraction of sp³-hybridized carbons (Fsp3) is 0.826. The van der Waals surface area contributed by atoms with Crippen molar-refractivity contribution in [2.24, 2.45) is 0 Å². The van der Waals surface area contributed by atoms with Crippen molar-refractivity contribution in [3.63, 3.8) is 0 Å². The molecule has 0 bridgehead atoms. The van der Waals surface area contributed by atoms with Crippen LogP contribution < -0.4 is 0 Å². The fourth-order valence-electron chi connectivity index (χ4n) is 2.67. The fourth-order valence-corrected chi connectivity index (χ4v) is 2.67. The van der Waals surface area contributed by atoms with E-state index in [2.05, 4.69) is 13.5 Å². The first-order valence-corrected chi connectivity index (χ1v) is 11.4. The predicted octanol–water partition coefficient (Wildman–Crippen LogP) is 4.23. The lowest BCUT2D eigenvalue weighted by atomic mass is 10.1. The second kappa shape index (κ2) is 23.8. The van der Waals surface area contributed by atoms with E-state index in [1.54, 1.807) is 0 Å². The molecule has 0 radical (unpaired) electrons. The monoisotopic (exact) mass is 430 g/mol. The summed E-state index contributed by atoms with van der Waals surface area (Å²) >= 11 is 0. The summed E-state index contributed by atoms with van der Waals surface area (Å²) in [7, 11) is 0. The molecule has 0 aliphatic carbocycles. The third-order valence-corrected chi connectivity index (χ3v) is 4.36. The van der Waals surface area contributed by atoms with Crippen molar-refractivity contribution in [1.82, 2.24) is 0 Å². The van der Waals surface area contributed by atoms with E-state index in [1.807, 2.05) is 0 Å². The van der Waals surface area contributed by atoms with Gasteiger partial charge in [-0.15, -0.1) is 0 Å². The maximum atomic E-state index is 11.6. The minimum atomic E-state index is -0.457. The van der Waals surface area contributed by atoms with E-state index < -0.39 is 5.97 Å². The highest BCUT2D eigenvalue weighted by Crippen LogP contribution is 2.10. The Bertz CT molecular complexity index is 412. The van der Waals surface area contributed by atoms with Gasteiger partial charge in [-0.1, -0.05) is 64.9 Å². The van der Waals surface area contributed by atoms with Crippen LogP contribution in [0.3, 0.4) is 0 Å². The predicted molar refractivity (Wildman–Crippen MR) is 116 cm³/mol. The molecule has 0 unspecified atom stereocenters. The first-order chi connectivity index (χ1) is 14.7. The van der Waals surface area contributed by atoms with Gasteiger partial charge in [0, 0.05) is 12.5 Å². The van der Waals surface area contributed by atoms with Crippen LogP contribution in [0.2, 0.25) is 0 Å². The van der Waals surface area contributed by atoms with Crippen molar-refractivity contribution in [2.75, 3.05) is 52.9 Å². The van der Waals surface area contributed by atoms with Crippen LogP contribution in [0.4, 0.5) is 0 Å². The average Bonchev–Trinajstić information content (AvgIpc) is 2.75. The first-order valence-electron chi connectivity index (χ1n) is 11.4. The van der Waals surface area contributed by atoms with Gasteiger partial charge < -0.3 is 23.7 Å². The third kappa shape index (κ3) is 22.8. The van der Waals surface area contributed by atoms with Gasteiger partial charge in [-0.3, -0.25) is 4.79 Å². The van der Waals surface area contributed by atoms with Crippen molar-refractivity contribution >= 4 is 11.9 Å². The molecule has 0 aromatic heterocycles. The molecule has 0 spiro atoms. The van der Waals surface area contributed by atoms with Gasteiger partial charge in [0.25, 0.3) is 0 Å². The molecule has 0 aromatic carbocycles. The summed E-state index contributed by atoms with van der Waals surface area (Å²) in [6.45, 7) is 8.45. The second-order valence-electron chi connectivity index (χ2n) is 7.01. The van der Waals surface area contributed by atoms with E-state index in [4.69, 9.17) is 23.7 Å². The molecule has 0 saturated carbocycles. The standard InChI is InChI=1S/C23H42O7/c1-3-5-6-7-8-9-10-11-12-13-23(25)30-21-19-28-17-15-26-14-16-27-18-20-29-22(24)4-2/h4H,2-3,5-21H2,1H3. The molecule has 0 rings (SSSR count). The third-order valence-electron chi connectivity index (χ3n) is 4.36. The number of carbonyl (C=O) groups is 2. The number of rotatable bonds is 23. The van der Waals surface area contributed by atoms with Gasteiger partial charge in [-0.2, -0.15) is 0 Å². The summed E-state index contributed by atoms with van der Waals surface area (Å²) < 4.78 is 25.9. The Morgan fingerprint density at radius 1 is 0.633 bits per heavy atom. The Balaban J connectivity index is 3.17. The van der Waals surface area contributed by atoms with Crippen molar-refractivity contribution in [2.45, 2.75) is 71.1 Å². The molecule has 30 heavy (non-hydrogen) atoms. The Morgan fingerprint density at radius 2 is 1.07 bits per heavy atom. The highest BCUT2D eigenvalue weighted by Gasteiger charge is 2.02. The largest absolute Gasteiger partial charge is 0.463 e. The molecular formula is C23H42O7. The number of hydrogen-bond acceptors (Lipinski definition) is 7. The molecule has 7 nitrogen and oxygen atoms in total. The normalized spacial score (nSPS) is 10.7. The van der Waals surface area contributed by atoms with Gasteiger partial charge in [0.15, 0.2) is 0 Å². The molecule has 0 heterocycles. The Labute approximate surface area is 182 Å². The summed E-state index contributed by atoms with van der Waals surface area (Å²) in [5, 5.41) is 0. The van der Waals surface area contributed by atoms with Crippen molar-refractivity contribution in [3.05, 3.63) is 12.7 Å². The van der Waals surface area contributed by atoms with Crippen LogP contribution in [0.5, 0.6) is 0 Å². The maximum Gasteiger partial charge on any atom is 0.330 e. The smallest absolute Gasteiger partial charge is 0.330 e. The van der Waals surface area contributed by atoms with Crippen molar-refractivity contribution in [3.8, 4) is 0 Å². The molecule has 0 amide bonds. The zero-order chi connectivity index (χ0) is 22.1. The number of hydrogen-bond donors (Lipinski definition) is 0. The SMILES string of the molecule is C=CC(=O)OCCOCCOCCOCCOC(=O)CCCCCCCCCCC. The lowest BCUT2D eigenvalue weighted by Crippen LogP contribution is -2.15. The van der Waals surface area contributed by atoms with Crippen LogP contribution in [0, 0.1) is 0 Å². The number of unbranched alkanes of at least 4 members (excludes halogenated alkanes) is 8. The van der Waals surface area contributed by atoms with E-state index in [1.165, 1.54) is 44.9 Å². The lowest BCUT2D eigenvalue weighted by molar-refractivity contribution is -0.145. The molecule has 0 aliphatic rings. The minimum absolute atomic E-state index is 0.145. The Morgan fingerprint density at radius 3 is 1.57 bits per heavy atom. The van der Waals surface area contributed by atoms with Crippen molar-refractivity contribution < 1.29 is 33.3 Å². The van der Waals surface area contributed by atoms with E-state index in [0.29, 0.717) is 46.1 Å². The molecule has 0 N–H and O–H groups in total. The molecule has 0 atom stereocenters. The molecule has 0 aromatic rings. The molecule has 0 fully saturated rings. The summed E-state index contributed by atoms with van der Waals surface area (Å²) in [5.41, 5.74) is 0. The van der Waals surface area contributed by atoms with Crippen LogP contribution in [-0.4, -0.2) is 64.8 Å². The topological polar surface area (TPSA) is 80.3 Å². The highest BCUT2D eigenvalue weighted by atomic mass is 16.6. The highest BCUT2D eigenvalue weighted by molar-refractivity contribution is 5.81. The van der Waals surface area contributed by atoms with Crippen LogP contribution >= 0.6 is 0 Å². The van der Waals surface area contributed by atoms with E-state index in [9.17, 15) is 9.59 Å². The zero-order valence-electron chi connectivity index (χ0n) is 18.9. The number of esters is 2. The van der Waals surface area contributed by atoms with E-state index in [0.717, 1.165) is 18.9 Å². The van der Waals surface area contributed by atoms with E-state index in [-0.39, 0.29) is 19.2 Å². The molecule has 176 valence electrons. The van der Waals surface area contributed by atoms with Crippen molar-refractivity contribution in [1.29, 1.82) is 0 Å². The van der Waals surface area contributed by atoms with Gasteiger partial charge in [0.2, 0.25) is 0 Å². The molecular weight excluding hydrogens is 388 g/mol. The van der Waals surface area contributed by atoms with Gasteiger partial charge in [0.05, 0.1) is 39.6 Å². The van der Waals surface area contributed by atoms with Crippen LogP contribution in [0.15, 0.2) is 12.7 Å². The Hall–Kier alpha value is -1.44. The molecule has 0 aliphatic heterocycles. The number of ether oxygens (including phenoxy) is 5. The van der Waals surface area contributed by atoms with E-state index >= 15 is 0 Å². The van der Waals surface area contributed by atoms with Crippen LogP contribution in [-0.2, 0) is 33.3 Å². The summed E-state index contributed by atoms with van der Waals surface area (Å²) in [5.74, 6) is -0.602. The summed E-state index contributed by atoms with van der Waals surface area (Å²) in [6.07, 6.45) is 12.7. The van der Waals surface area contributed by atoms with Gasteiger partial charge >= 0.3 is 11.9 Å².